The highest BCUT2D eigenvalue weighted by molar-refractivity contribution is 7.89. The molecule has 0 saturated heterocycles. The molecule has 1 aromatic rings. The largest absolute Gasteiger partial charge is 0.333 e. The summed E-state index contributed by atoms with van der Waals surface area (Å²) in [6.45, 7) is 4.70. The van der Waals surface area contributed by atoms with Crippen LogP contribution in [0.25, 0.3) is 0 Å². The predicted molar refractivity (Wildman–Crippen MR) is 76.1 cm³/mol. The number of nitrogens with zero attached hydrogens (tertiary/aromatic N) is 2. The van der Waals surface area contributed by atoms with Crippen molar-refractivity contribution in [1.29, 1.82) is 0 Å². The standard InChI is InChI=1S/C11H20N4O2S.ClH/c1-2-12-6-7-13-18(16,17)11-9-15-8-4-3-5-10(15)14-11;/h9,12-13H,2-8H2,1H3;1H. The van der Waals surface area contributed by atoms with Crippen molar-refractivity contribution in [3.63, 3.8) is 0 Å². The number of rotatable bonds is 6. The van der Waals surface area contributed by atoms with Crippen LogP contribution in [0.3, 0.4) is 0 Å². The van der Waals surface area contributed by atoms with Crippen molar-refractivity contribution in [2.75, 3.05) is 19.6 Å². The third-order valence-electron chi connectivity index (χ3n) is 3.01. The molecule has 0 unspecified atom stereocenters. The number of hydrogen-bond acceptors (Lipinski definition) is 4. The second-order valence-corrected chi connectivity index (χ2v) is 6.11. The maximum Gasteiger partial charge on any atom is 0.259 e. The van der Waals surface area contributed by atoms with Gasteiger partial charge in [-0.05, 0) is 19.4 Å². The highest BCUT2D eigenvalue weighted by Gasteiger charge is 2.21. The van der Waals surface area contributed by atoms with Gasteiger partial charge in [-0.25, -0.2) is 18.1 Å². The zero-order valence-corrected chi connectivity index (χ0v) is 12.7. The quantitative estimate of drug-likeness (QED) is 0.752. The lowest BCUT2D eigenvalue weighted by atomic mass is 10.2. The zero-order valence-electron chi connectivity index (χ0n) is 11.1. The van der Waals surface area contributed by atoms with E-state index in [1.807, 2.05) is 11.5 Å². The average Bonchev–Trinajstić information content (AvgIpc) is 2.79. The summed E-state index contributed by atoms with van der Waals surface area (Å²) in [5.74, 6) is 0.883. The van der Waals surface area contributed by atoms with Gasteiger partial charge in [-0.2, -0.15) is 0 Å². The molecule has 2 rings (SSSR count). The predicted octanol–water partition coefficient (Wildman–Crippen LogP) is 0.529. The van der Waals surface area contributed by atoms with Gasteiger partial charge in [-0.1, -0.05) is 6.92 Å². The van der Waals surface area contributed by atoms with Gasteiger partial charge in [0.2, 0.25) is 0 Å². The van der Waals surface area contributed by atoms with Crippen LogP contribution in [0, 0.1) is 0 Å². The Hall–Kier alpha value is -0.630. The minimum absolute atomic E-state index is 0. The fourth-order valence-corrected chi connectivity index (χ4v) is 3.05. The average molecular weight is 309 g/mol. The Morgan fingerprint density at radius 3 is 2.84 bits per heavy atom. The maximum atomic E-state index is 12.0. The number of likely N-dealkylation sites (N-methyl/N-ethyl adjacent to an activating group) is 1. The fraction of sp³-hybridized carbons (Fsp3) is 0.727. The SMILES string of the molecule is CCNCCNS(=O)(=O)c1cn2c(n1)CCCC2.Cl. The van der Waals surface area contributed by atoms with E-state index < -0.39 is 10.0 Å². The van der Waals surface area contributed by atoms with Gasteiger partial charge < -0.3 is 9.88 Å². The van der Waals surface area contributed by atoms with Crippen molar-refractivity contribution in [2.45, 2.75) is 37.8 Å². The monoisotopic (exact) mass is 308 g/mol. The molecule has 0 spiro atoms. The van der Waals surface area contributed by atoms with Gasteiger partial charge in [-0.3, -0.25) is 0 Å². The van der Waals surface area contributed by atoms with Crippen LogP contribution >= 0.6 is 12.4 Å². The Morgan fingerprint density at radius 1 is 1.37 bits per heavy atom. The van der Waals surface area contributed by atoms with Crippen molar-refractivity contribution >= 4 is 22.4 Å². The summed E-state index contributed by atoms with van der Waals surface area (Å²) >= 11 is 0. The second kappa shape index (κ2) is 7.23. The first-order chi connectivity index (χ1) is 8.63. The third-order valence-corrected chi connectivity index (χ3v) is 4.34. The number of aromatic nitrogens is 2. The molecular weight excluding hydrogens is 288 g/mol. The molecule has 0 fully saturated rings. The number of nitrogens with one attached hydrogen (secondary N) is 2. The minimum atomic E-state index is -3.46. The van der Waals surface area contributed by atoms with Crippen molar-refractivity contribution < 1.29 is 8.42 Å². The summed E-state index contributed by atoms with van der Waals surface area (Å²) in [5, 5.41) is 3.22. The molecule has 19 heavy (non-hydrogen) atoms. The molecule has 8 heteroatoms. The van der Waals surface area contributed by atoms with Gasteiger partial charge in [0.05, 0.1) is 0 Å². The molecular formula is C11H21ClN4O2S. The van der Waals surface area contributed by atoms with Crippen LogP contribution in [0.2, 0.25) is 0 Å². The van der Waals surface area contributed by atoms with Crippen LogP contribution in [-0.4, -0.2) is 37.6 Å². The Kier molecular flexibility index (Phi) is 6.25. The molecule has 1 aliphatic rings. The Labute approximate surface area is 120 Å². The summed E-state index contributed by atoms with van der Waals surface area (Å²) in [6.07, 6.45) is 4.69. The molecule has 0 aromatic carbocycles. The molecule has 110 valence electrons. The molecule has 6 nitrogen and oxygen atoms in total. The molecule has 2 N–H and O–H groups in total. The number of fused-ring (bicyclic) bond motifs is 1. The number of hydrogen-bond donors (Lipinski definition) is 2. The lowest BCUT2D eigenvalue weighted by molar-refractivity contribution is 0.522. The first kappa shape index (κ1) is 16.4. The molecule has 0 radical (unpaired) electrons. The number of imidazole rings is 1. The Morgan fingerprint density at radius 2 is 2.16 bits per heavy atom. The summed E-state index contributed by atoms with van der Waals surface area (Å²) in [5.41, 5.74) is 0. The Bertz CT molecular complexity index is 477. The van der Waals surface area contributed by atoms with E-state index in [4.69, 9.17) is 0 Å². The highest BCUT2D eigenvalue weighted by Crippen LogP contribution is 2.16. The van der Waals surface area contributed by atoms with E-state index >= 15 is 0 Å². The first-order valence-corrected chi connectivity index (χ1v) is 7.88. The third kappa shape index (κ3) is 4.17. The molecule has 1 aromatic heterocycles. The van der Waals surface area contributed by atoms with Crippen molar-refractivity contribution in [1.82, 2.24) is 19.6 Å². The molecule has 0 amide bonds. The van der Waals surface area contributed by atoms with Crippen molar-refractivity contribution in [3.05, 3.63) is 12.0 Å². The number of aryl methyl sites for hydroxylation is 2. The molecule has 0 atom stereocenters. The lowest BCUT2D eigenvalue weighted by Crippen LogP contribution is -2.32. The maximum absolute atomic E-state index is 12.0. The summed E-state index contributed by atoms with van der Waals surface area (Å²) in [7, 11) is -3.46. The zero-order chi connectivity index (χ0) is 13.0. The lowest BCUT2D eigenvalue weighted by Gasteiger charge is -2.11. The fourth-order valence-electron chi connectivity index (χ4n) is 2.04. The van der Waals surface area contributed by atoms with Gasteiger partial charge in [0.25, 0.3) is 10.0 Å². The van der Waals surface area contributed by atoms with Crippen molar-refractivity contribution in [2.24, 2.45) is 0 Å². The molecule has 0 bridgehead atoms. The van der Waals surface area contributed by atoms with E-state index in [2.05, 4.69) is 15.0 Å². The van der Waals surface area contributed by atoms with E-state index in [1.54, 1.807) is 6.20 Å². The van der Waals surface area contributed by atoms with Crippen LogP contribution in [0.4, 0.5) is 0 Å². The molecule has 1 aliphatic heterocycles. The summed E-state index contributed by atoms with van der Waals surface area (Å²) in [4.78, 5) is 4.21. The topological polar surface area (TPSA) is 76.0 Å². The van der Waals surface area contributed by atoms with Crippen LogP contribution in [0.15, 0.2) is 11.2 Å². The van der Waals surface area contributed by atoms with E-state index in [0.29, 0.717) is 13.1 Å². The Balaban J connectivity index is 0.00000180. The smallest absolute Gasteiger partial charge is 0.259 e. The van der Waals surface area contributed by atoms with Gasteiger partial charge in [0.15, 0.2) is 5.03 Å². The van der Waals surface area contributed by atoms with Crippen LogP contribution in [-0.2, 0) is 23.0 Å². The summed E-state index contributed by atoms with van der Waals surface area (Å²) < 4.78 is 28.5. The van der Waals surface area contributed by atoms with Crippen LogP contribution in [0.1, 0.15) is 25.6 Å². The van der Waals surface area contributed by atoms with E-state index in [1.165, 1.54) is 0 Å². The molecule has 0 aliphatic carbocycles. The van der Waals surface area contributed by atoms with Gasteiger partial charge in [0, 0.05) is 32.3 Å². The number of halogens is 1. The molecule has 0 saturated carbocycles. The van der Waals surface area contributed by atoms with E-state index in [9.17, 15) is 8.42 Å². The van der Waals surface area contributed by atoms with Gasteiger partial charge in [0.1, 0.15) is 5.82 Å². The normalized spacial score (nSPS) is 14.8. The summed E-state index contributed by atoms with van der Waals surface area (Å²) in [6, 6.07) is 0. The van der Waals surface area contributed by atoms with E-state index in [-0.39, 0.29) is 17.4 Å². The first-order valence-electron chi connectivity index (χ1n) is 6.40. The van der Waals surface area contributed by atoms with Crippen LogP contribution < -0.4 is 10.0 Å². The molecule has 2 heterocycles. The second-order valence-electron chi connectivity index (χ2n) is 4.40. The van der Waals surface area contributed by atoms with Gasteiger partial charge >= 0.3 is 0 Å². The minimum Gasteiger partial charge on any atom is -0.333 e. The van der Waals surface area contributed by atoms with Gasteiger partial charge in [-0.15, -0.1) is 12.4 Å². The van der Waals surface area contributed by atoms with Crippen LogP contribution in [0.5, 0.6) is 0 Å². The highest BCUT2D eigenvalue weighted by atomic mass is 35.5. The van der Waals surface area contributed by atoms with E-state index in [0.717, 1.165) is 38.2 Å². The van der Waals surface area contributed by atoms with Crippen molar-refractivity contribution in [3.8, 4) is 0 Å². The number of sulfonamides is 1.